The predicted molar refractivity (Wildman–Crippen MR) is 64.4 cm³/mol. The summed E-state index contributed by atoms with van der Waals surface area (Å²) in [6.07, 6.45) is 1.45. The Morgan fingerprint density at radius 3 is 2.94 bits per heavy atom. The summed E-state index contributed by atoms with van der Waals surface area (Å²) in [6, 6.07) is 4.96. The van der Waals surface area contributed by atoms with E-state index in [1.165, 1.54) is 18.0 Å². The van der Waals surface area contributed by atoms with Crippen molar-refractivity contribution in [3.05, 3.63) is 34.9 Å². The minimum absolute atomic E-state index is 0.109. The van der Waals surface area contributed by atoms with Gasteiger partial charge in [0.15, 0.2) is 0 Å². The highest BCUT2D eigenvalue weighted by molar-refractivity contribution is 5.83. The number of aliphatic hydroxyl groups excluding tert-OH is 1. The lowest BCUT2D eigenvalue weighted by atomic mass is 10.2. The molecule has 90 valence electrons. The van der Waals surface area contributed by atoms with Crippen LogP contribution in [0.15, 0.2) is 29.3 Å². The summed E-state index contributed by atoms with van der Waals surface area (Å²) in [5.74, 6) is 0.500. The van der Waals surface area contributed by atoms with E-state index in [1.807, 2.05) is 0 Å². The lowest BCUT2D eigenvalue weighted by Gasteiger charge is -2.13. The number of rotatable bonds is 3. The zero-order valence-corrected chi connectivity index (χ0v) is 9.75. The second-order valence-corrected chi connectivity index (χ2v) is 3.84. The van der Waals surface area contributed by atoms with Gasteiger partial charge in [-0.2, -0.15) is 0 Å². The predicted octanol–water partition coefficient (Wildman–Crippen LogP) is 0.958. The van der Waals surface area contributed by atoms with Crippen LogP contribution in [0.5, 0.6) is 5.75 Å². The van der Waals surface area contributed by atoms with Crippen LogP contribution in [0.4, 0.5) is 0 Å². The first kappa shape index (κ1) is 11.6. The third kappa shape index (κ3) is 1.89. The number of aromatic nitrogens is 2. The molecule has 0 saturated carbocycles. The zero-order valence-electron chi connectivity index (χ0n) is 9.75. The molecular formula is C12H14N2O3. The number of fused-ring (bicyclic) bond motifs is 1. The average Bonchev–Trinajstić information content (AvgIpc) is 2.37. The van der Waals surface area contributed by atoms with E-state index in [0.29, 0.717) is 16.7 Å². The van der Waals surface area contributed by atoms with Gasteiger partial charge in [-0.15, -0.1) is 0 Å². The van der Waals surface area contributed by atoms with Crippen molar-refractivity contribution in [2.45, 2.75) is 13.0 Å². The first-order valence-corrected chi connectivity index (χ1v) is 5.33. The topological polar surface area (TPSA) is 64.3 Å². The lowest BCUT2D eigenvalue weighted by molar-refractivity contribution is 0.235. The van der Waals surface area contributed by atoms with Gasteiger partial charge in [-0.3, -0.25) is 9.36 Å². The van der Waals surface area contributed by atoms with E-state index in [1.54, 1.807) is 25.1 Å². The second-order valence-electron chi connectivity index (χ2n) is 3.84. The van der Waals surface area contributed by atoms with Crippen LogP contribution in [0.2, 0.25) is 0 Å². The first-order chi connectivity index (χ1) is 8.19. The first-order valence-electron chi connectivity index (χ1n) is 5.33. The Kier molecular flexibility index (Phi) is 3.10. The summed E-state index contributed by atoms with van der Waals surface area (Å²) in [6.45, 7) is 1.65. The molecule has 0 aliphatic rings. The molecule has 1 heterocycles. The fourth-order valence-electron chi connectivity index (χ4n) is 1.72. The van der Waals surface area contributed by atoms with E-state index < -0.39 is 0 Å². The molecule has 2 rings (SSSR count). The number of ether oxygens (including phenoxy) is 1. The summed E-state index contributed by atoms with van der Waals surface area (Å²) in [5, 5.41) is 9.53. The van der Waals surface area contributed by atoms with E-state index >= 15 is 0 Å². The van der Waals surface area contributed by atoms with E-state index in [-0.39, 0.29) is 18.2 Å². The lowest BCUT2D eigenvalue weighted by Crippen LogP contribution is -2.25. The third-order valence-corrected chi connectivity index (χ3v) is 2.73. The number of benzene rings is 1. The number of nitrogens with zero attached hydrogens (tertiary/aromatic N) is 2. The molecule has 0 fully saturated rings. The van der Waals surface area contributed by atoms with Gasteiger partial charge in [-0.05, 0) is 19.1 Å². The maximum Gasteiger partial charge on any atom is 0.265 e. The molecule has 0 radical (unpaired) electrons. The molecule has 1 aromatic carbocycles. The van der Waals surface area contributed by atoms with Crippen LogP contribution < -0.4 is 10.3 Å². The standard InChI is InChI=1S/C12H14N2O3/c1-8(6-15)14-7-13-9-4-3-5-10(17-2)11(9)12(14)16/h3-5,7-8,15H,6H2,1-2H3. The molecule has 0 aliphatic heterocycles. The van der Waals surface area contributed by atoms with Crippen molar-refractivity contribution in [1.29, 1.82) is 0 Å². The van der Waals surface area contributed by atoms with Crippen LogP contribution in [0.3, 0.4) is 0 Å². The van der Waals surface area contributed by atoms with Crippen molar-refractivity contribution in [3.63, 3.8) is 0 Å². The zero-order chi connectivity index (χ0) is 12.4. The normalized spacial score (nSPS) is 12.6. The molecule has 1 aromatic heterocycles. The molecule has 1 N–H and O–H groups in total. The van der Waals surface area contributed by atoms with Gasteiger partial charge in [0.1, 0.15) is 11.1 Å². The fraction of sp³-hybridized carbons (Fsp3) is 0.333. The maximum absolute atomic E-state index is 12.2. The highest BCUT2D eigenvalue weighted by atomic mass is 16.5. The highest BCUT2D eigenvalue weighted by Crippen LogP contribution is 2.20. The molecule has 2 aromatic rings. The minimum atomic E-state index is -0.302. The van der Waals surface area contributed by atoms with Crippen LogP contribution in [-0.2, 0) is 0 Å². The molecule has 17 heavy (non-hydrogen) atoms. The number of methoxy groups -OCH3 is 1. The Bertz CT molecular complexity index is 592. The van der Waals surface area contributed by atoms with Gasteiger partial charge in [0.25, 0.3) is 5.56 Å². The monoisotopic (exact) mass is 234 g/mol. The Morgan fingerprint density at radius 1 is 1.53 bits per heavy atom. The molecule has 5 heteroatoms. The Morgan fingerprint density at radius 2 is 2.29 bits per heavy atom. The van der Waals surface area contributed by atoms with Gasteiger partial charge in [0.05, 0.1) is 31.6 Å². The molecular weight excluding hydrogens is 220 g/mol. The third-order valence-electron chi connectivity index (χ3n) is 2.73. The molecule has 1 unspecified atom stereocenters. The van der Waals surface area contributed by atoms with Crippen molar-refractivity contribution in [2.24, 2.45) is 0 Å². The van der Waals surface area contributed by atoms with Gasteiger partial charge in [0.2, 0.25) is 0 Å². The molecule has 0 spiro atoms. The number of hydrogen-bond acceptors (Lipinski definition) is 4. The fourth-order valence-corrected chi connectivity index (χ4v) is 1.72. The summed E-state index contributed by atoms with van der Waals surface area (Å²) < 4.78 is 6.57. The molecule has 5 nitrogen and oxygen atoms in total. The van der Waals surface area contributed by atoms with Crippen LogP contribution in [0.1, 0.15) is 13.0 Å². The van der Waals surface area contributed by atoms with Gasteiger partial charge < -0.3 is 9.84 Å². The maximum atomic E-state index is 12.2. The van der Waals surface area contributed by atoms with Crippen LogP contribution in [0.25, 0.3) is 10.9 Å². The Balaban J connectivity index is 2.78. The van der Waals surface area contributed by atoms with E-state index in [4.69, 9.17) is 9.84 Å². The van der Waals surface area contributed by atoms with Crippen LogP contribution in [0, 0.1) is 0 Å². The van der Waals surface area contributed by atoms with Gasteiger partial charge in [0, 0.05) is 0 Å². The van der Waals surface area contributed by atoms with Gasteiger partial charge in [-0.1, -0.05) is 6.07 Å². The Hall–Kier alpha value is -1.88. The van der Waals surface area contributed by atoms with E-state index in [9.17, 15) is 4.79 Å². The van der Waals surface area contributed by atoms with E-state index in [0.717, 1.165) is 0 Å². The number of hydrogen-bond donors (Lipinski definition) is 1. The van der Waals surface area contributed by atoms with Crippen molar-refractivity contribution in [1.82, 2.24) is 9.55 Å². The average molecular weight is 234 g/mol. The van der Waals surface area contributed by atoms with Crippen LogP contribution in [-0.4, -0.2) is 28.4 Å². The largest absolute Gasteiger partial charge is 0.496 e. The van der Waals surface area contributed by atoms with E-state index in [2.05, 4.69) is 4.98 Å². The van der Waals surface area contributed by atoms with Crippen molar-refractivity contribution >= 4 is 10.9 Å². The summed E-state index contributed by atoms with van der Waals surface area (Å²) >= 11 is 0. The van der Waals surface area contributed by atoms with Gasteiger partial charge >= 0.3 is 0 Å². The highest BCUT2D eigenvalue weighted by Gasteiger charge is 2.12. The summed E-state index contributed by atoms with van der Waals surface area (Å²) in [4.78, 5) is 16.4. The number of aliphatic hydroxyl groups is 1. The molecule has 0 bridgehead atoms. The molecule has 1 atom stereocenters. The SMILES string of the molecule is COc1cccc2ncn(C(C)CO)c(=O)c12. The summed E-state index contributed by atoms with van der Waals surface area (Å²) in [5.41, 5.74) is 0.393. The summed E-state index contributed by atoms with van der Waals surface area (Å²) in [7, 11) is 1.51. The molecule has 0 aliphatic carbocycles. The van der Waals surface area contributed by atoms with Crippen LogP contribution >= 0.6 is 0 Å². The van der Waals surface area contributed by atoms with Gasteiger partial charge in [-0.25, -0.2) is 4.98 Å². The van der Waals surface area contributed by atoms with Crippen molar-refractivity contribution < 1.29 is 9.84 Å². The smallest absolute Gasteiger partial charge is 0.265 e. The second kappa shape index (κ2) is 4.55. The molecule has 0 amide bonds. The Labute approximate surface area is 98.3 Å². The quantitative estimate of drug-likeness (QED) is 0.859. The minimum Gasteiger partial charge on any atom is -0.496 e. The van der Waals surface area contributed by atoms with Crippen molar-refractivity contribution in [2.75, 3.05) is 13.7 Å². The molecule has 0 saturated heterocycles. The van der Waals surface area contributed by atoms with Crippen molar-refractivity contribution in [3.8, 4) is 5.75 Å².